The van der Waals surface area contributed by atoms with E-state index in [2.05, 4.69) is 15.0 Å². The number of carbonyl (C=O) groups is 1. The number of ether oxygens (including phenoxy) is 1. The largest absolute Gasteiger partial charge is 0.483 e. The van der Waals surface area contributed by atoms with Gasteiger partial charge in [-0.25, -0.2) is 0 Å². The third-order valence-electron chi connectivity index (χ3n) is 4.32. The predicted octanol–water partition coefficient (Wildman–Crippen LogP) is 4.85. The summed E-state index contributed by atoms with van der Waals surface area (Å²) in [5.74, 6) is -0.592. The van der Waals surface area contributed by atoms with Gasteiger partial charge in [0, 0.05) is 27.8 Å². The minimum absolute atomic E-state index is 0.102. The van der Waals surface area contributed by atoms with Crippen LogP contribution in [0.15, 0.2) is 36.4 Å². The van der Waals surface area contributed by atoms with Crippen LogP contribution < -0.4 is 10.1 Å². The molecule has 0 fully saturated rings. The lowest BCUT2D eigenvalue weighted by Crippen LogP contribution is -2.19. The van der Waals surface area contributed by atoms with Crippen LogP contribution in [-0.2, 0) is 0 Å². The highest BCUT2D eigenvalue weighted by Gasteiger charge is 2.28. The van der Waals surface area contributed by atoms with Crippen molar-refractivity contribution in [1.82, 2.24) is 4.98 Å². The molecule has 0 saturated heterocycles. The van der Waals surface area contributed by atoms with Gasteiger partial charge in [-0.2, -0.15) is 18.4 Å². The van der Waals surface area contributed by atoms with E-state index in [1.165, 1.54) is 18.2 Å². The molecular weight excluding hydrogens is 371 g/mol. The molecule has 5 nitrogen and oxygen atoms in total. The van der Waals surface area contributed by atoms with Gasteiger partial charge in [0.05, 0.1) is 5.56 Å². The molecule has 1 aromatic heterocycles. The predicted molar refractivity (Wildman–Crippen MR) is 98.4 cm³/mol. The quantitative estimate of drug-likeness (QED) is 0.672. The van der Waals surface area contributed by atoms with E-state index in [0.717, 1.165) is 22.2 Å². The van der Waals surface area contributed by atoms with Gasteiger partial charge in [-0.3, -0.25) is 4.79 Å². The zero-order valence-electron chi connectivity index (χ0n) is 15.1. The van der Waals surface area contributed by atoms with Gasteiger partial charge in [-0.1, -0.05) is 0 Å². The third kappa shape index (κ3) is 4.09. The van der Waals surface area contributed by atoms with Crippen molar-refractivity contribution < 1.29 is 22.7 Å². The monoisotopic (exact) mass is 387 g/mol. The number of fused-ring (bicyclic) bond motifs is 1. The van der Waals surface area contributed by atoms with Crippen molar-refractivity contribution in [3.63, 3.8) is 0 Å². The minimum atomic E-state index is -4.51. The summed E-state index contributed by atoms with van der Waals surface area (Å²) in [7, 11) is 0. The molecule has 0 atom stereocenters. The fourth-order valence-electron chi connectivity index (χ4n) is 2.79. The number of nitrogens with one attached hydrogen (secondary N) is 2. The van der Waals surface area contributed by atoms with Crippen LogP contribution in [0.2, 0.25) is 0 Å². The zero-order valence-corrected chi connectivity index (χ0v) is 15.1. The molecule has 28 heavy (non-hydrogen) atoms. The number of hydrogen-bond acceptors (Lipinski definition) is 3. The molecule has 0 bridgehead atoms. The number of aromatic amines is 1. The van der Waals surface area contributed by atoms with Gasteiger partial charge >= 0.3 is 6.18 Å². The summed E-state index contributed by atoms with van der Waals surface area (Å²) < 4.78 is 41.5. The van der Waals surface area contributed by atoms with E-state index in [1.807, 2.05) is 13.8 Å². The van der Waals surface area contributed by atoms with Crippen molar-refractivity contribution >= 4 is 22.5 Å². The number of amides is 1. The summed E-state index contributed by atoms with van der Waals surface area (Å²) in [4.78, 5) is 15.8. The zero-order chi connectivity index (χ0) is 20.5. The van der Waals surface area contributed by atoms with Gasteiger partial charge < -0.3 is 15.0 Å². The second kappa shape index (κ2) is 7.27. The Morgan fingerprint density at radius 1 is 1.21 bits per heavy atom. The number of nitrogens with zero attached hydrogens (tertiary/aromatic N) is 1. The Hall–Kier alpha value is -3.47. The van der Waals surface area contributed by atoms with Gasteiger partial charge in [0.15, 0.2) is 6.61 Å². The summed E-state index contributed by atoms with van der Waals surface area (Å²) in [6.07, 6.45) is -4.51. The van der Waals surface area contributed by atoms with Crippen LogP contribution in [0.3, 0.4) is 0 Å². The van der Waals surface area contributed by atoms with Gasteiger partial charge in [0.25, 0.3) is 5.91 Å². The molecule has 0 spiro atoms. The number of carbonyl (C=O) groups excluding carboxylic acids is 1. The molecule has 0 aliphatic heterocycles. The number of alkyl halides is 3. The first-order chi connectivity index (χ1) is 13.2. The lowest BCUT2D eigenvalue weighted by Gasteiger charge is -2.12. The molecule has 1 amide bonds. The van der Waals surface area contributed by atoms with E-state index < -0.39 is 18.7 Å². The van der Waals surface area contributed by atoms with Crippen molar-refractivity contribution in [2.45, 2.75) is 20.0 Å². The average molecular weight is 387 g/mol. The van der Waals surface area contributed by atoms with E-state index in [0.29, 0.717) is 5.56 Å². The van der Waals surface area contributed by atoms with E-state index >= 15 is 0 Å². The summed E-state index contributed by atoms with van der Waals surface area (Å²) in [5, 5.41) is 12.7. The minimum Gasteiger partial charge on any atom is -0.483 e. The van der Waals surface area contributed by atoms with Crippen LogP contribution in [0.5, 0.6) is 5.75 Å². The molecule has 2 N–H and O–H groups in total. The van der Waals surface area contributed by atoms with Crippen molar-refractivity contribution in [2.24, 2.45) is 0 Å². The fourth-order valence-corrected chi connectivity index (χ4v) is 2.79. The van der Waals surface area contributed by atoms with Crippen LogP contribution in [0.25, 0.3) is 10.9 Å². The second-order valence-electron chi connectivity index (χ2n) is 6.32. The van der Waals surface area contributed by atoms with Crippen molar-refractivity contribution in [3.05, 3.63) is 58.8 Å². The number of rotatable bonds is 4. The van der Waals surface area contributed by atoms with Gasteiger partial charge in [-0.15, -0.1) is 0 Å². The van der Waals surface area contributed by atoms with Crippen LogP contribution in [0.1, 0.15) is 27.2 Å². The molecule has 2 aromatic carbocycles. The summed E-state index contributed by atoms with van der Waals surface area (Å²) >= 11 is 0. The average Bonchev–Trinajstić information content (AvgIpc) is 2.93. The highest BCUT2D eigenvalue weighted by Crippen LogP contribution is 2.26. The molecule has 144 valence electrons. The first kappa shape index (κ1) is 19.3. The Morgan fingerprint density at radius 2 is 1.96 bits per heavy atom. The molecular formula is C20H16F3N3O2. The van der Waals surface area contributed by atoms with E-state index in [9.17, 15) is 18.0 Å². The number of aryl methyl sites for hydroxylation is 2. The highest BCUT2D eigenvalue weighted by molar-refractivity contribution is 6.06. The van der Waals surface area contributed by atoms with Crippen LogP contribution in [0, 0.1) is 25.2 Å². The molecule has 0 unspecified atom stereocenters. The number of nitriles is 1. The van der Waals surface area contributed by atoms with Gasteiger partial charge in [0.2, 0.25) is 0 Å². The molecule has 0 saturated carbocycles. The summed E-state index contributed by atoms with van der Waals surface area (Å²) in [5.41, 5.74) is 3.58. The topological polar surface area (TPSA) is 77.9 Å². The number of benzene rings is 2. The fraction of sp³-hybridized carbons (Fsp3) is 0.200. The van der Waals surface area contributed by atoms with Crippen molar-refractivity contribution in [2.75, 3.05) is 11.9 Å². The summed E-state index contributed by atoms with van der Waals surface area (Å²) in [6, 6.07) is 10.9. The van der Waals surface area contributed by atoms with Crippen LogP contribution in [0.4, 0.5) is 18.9 Å². The standard InChI is InChI=1S/C20H16F3N3O2/c1-11-12(2)25-17-5-3-13(8-16(11)17)19(27)26-15-4-6-18(14(7-15)9-24)28-10-20(21,22)23/h3-8,25H,10H2,1-2H3,(H,26,27). The molecule has 3 aromatic rings. The Bertz CT molecular complexity index is 1090. The summed E-state index contributed by atoms with van der Waals surface area (Å²) in [6.45, 7) is 2.40. The normalized spacial score (nSPS) is 11.3. The molecule has 0 aliphatic rings. The van der Waals surface area contributed by atoms with Crippen molar-refractivity contribution in [3.8, 4) is 11.8 Å². The van der Waals surface area contributed by atoms with E-state index in [4.69, 9.17) is 5.26 Å². The third-order valence-corrected chi connectivity index (χ3v) is 4.32. The Balaban J connectivity index is 1.80. The molecule has 8 heteroatoms. The van der Waals surface area contributed by atoms with Crippen molar-refractivity contribution in [1.29, 1.82) is 5.26 Å². The highest BCUT2D eigenvalue weighted by atomic mass is 19.4. The SMILES string of the molecule is Cc1[nH]c2ccc(C(=O)Nc3ccc(OCC(F)(F)F)c(C#N)c3)cc2c1C. The number of anilines is 1. The maximum Gasteiger partial charge on any atom is 0.422 e. The molecule has 3 rings (SSSR count). The van der Waals surface area contributed by atoms with Gasteiger partial charge in [0.1, 0.15) is 11.8 Å². The number of halogens is 3. The number of H-pyrrole nitrogens is 1. The first-order valence-corrected chi connectivity index (χ1v) is 8.32. The van der Waals surface area contributed by atoms with Crippen LogP contribution in [-0.4, -0.2) is 23.7 Å². The van der Waals surface area contributed by atoms with E-state index in [-0.39, 0.29) is 17.0 Å². The smallest absolute Gasteiger partial charge is 0.422 e. The molecule has 1 heterocycles. The Morgan fingerprint density at radius 3 is 2.64 bits per heavy atom. The maximum atomic E-state index is 12.5. The maximum absolute atomic E-state index is 12.5. The lowest BCUT2D eigenvalue weighted by molar-refractivity contribution is -0.153. The van der Waals surface area contributed by atoms with E-state index in [1.54, 1.807) is 24.3 Å². The lowest BCUT2D eigenvalue weighted by atomic mass is 10.1. The number of hydrogen-bond donors (Lipinski definition) is 2. The van der Waals surface area contributed by atoms with Crippen LogP contribution >= 0.6 is 0 Å². The Labute approximate surface area is 158 Å². The molecule has 0 radical (unpaired) electrons. The van der Waals surface area contributed by atoms with Gasteiger partial charge in [-0.05, 0) is 55.8 Å². The number of aromatic nitrogens is 1. The Kier molecular flexibility index (Phi) is 5.01. The molecule has 0 aliphatic carbocycles. The second-order valence-corrected chi connectivity index (χ2v) is 6.32. The first-order valence-electron chi connectivity index (χ1n) is 8.32.